The summed E-state index contributed by atoms with van der Waals surface area (Å²) in [5.74, 6) is 0.476. The minimum Gasteiger partial charge on any atom is -0.396 e. The monoisotopic (exact) mass is 271 g/mol. The maximum Gasteiger partial charge on any atom is 0.224 e. The average Bonchev–Trinajstić information content (AvgIpc) is 2.86. The van der Waals surface area contributed by atoms with Crippen LogP contribution in [0.1, 0.15) is 39.5 Å². The highest BCUT2D eigenvalue weighted by atomic mass is 16.3. The van der Waals surface area contributed by atoms with Crippen LogP contribution in [-0.2, 0) is 4.79 Å². The van der Waals surface area contributed by atoms with Crippen LogP contribution >= 0.6 is 0 Å². The molecule has 0 aliphatic heterocycles. The van der Waals surface area contributed by atoms with Crippen LogP contribution in [0.5, 0.6) is 0 Å². The molecule has 3 unspecified atom stereocenters. The molecule has 0 saturated heterocycles. The molecule has 1 fully saturated rings. The van der Waals surface area contributed by atoms with Crippen molar-refractivity contribution in [3.63, 3.8) is 0 Å². The molecule has 19 heavy (non-hydrogen) atoms. The van der Waals surface area contributed by atoms with Crippen LogP contribution in [0.4, 0.5) is 0 Å². The van der Waals surface area contributed by atoms with Crippen molar-refractivity contribution in [2.75, 3.05) is 26.2 Å². The van der Waals surface area contributed by atoms with Gasteiger partial charge in [0.1, 0.15) is 0 Å². The lowest BCUT2D eigenvalue weighted by Crippen LogP contribution is -2.47. The van der Waals surface area contributed by atoms with Crippen LogP contribution in [-0.4, -0.2) is 54.2 Å². The summed E-state index contributed by atoms with van der Waals surface area (Å²) >= 11 is 0. The maximum atomic E-state index is 12.1. The van der Waals surface area contributed by atoms with Gasteiger partial charge in [0, 0.05) is 44.7 Å². The van der Waals surface area contributed by atoms with E-state index in [9.17, 15) is 9.90 Å². The summed E-state index contributed by atoms with van der Waals surface area (Å²) in [7, 11) is 0. The van der Waals surface area contributed by atoms with Gasteiger partial charge >= 0.3 is 0 Å². The number of nitrogens with one attached hydrogen (secondary N) is 1. The molecule has 1 saturated carbocycles. The molecule has 1 aliphatic carbocycles. The summed E-state index contributed by atoms with van der Waals surface area (Å²) in [6.45, 7) is 6.15. The summed E-state index contributed by atoms with van der Waals surface area (Å²) in [5, 5.41) is 12.8. The summed E-state index contributed by atoms with van der Waals surface area (Å²) in [4.78, 5) is 13.9. The summed E-state index contributed by atoms with van der Waals surface area (Å²) in [5.41, 5.74) is 5.77. The fourth-order valence-corrected chi connectivity index (χ4v) is 2.90. The van der Waals surface area contributed by atoms with Gasteiger partial charge in [0.2, 0.25) is 5.91 Å². The molecule has 0 spiro atoms. The van der Waals surface area contributed by atoms with Crippen molar-refractivity contribution < 1.29 is 9.90 Å². The molecule has 0 aromatic heterocycles. The fraction of sp³-hybridized carbons (Fsp3) is 0.929. The van der Waals surface area contributed by atoms with Gasteiger partial charge in [-0.1, -0.05) is 6.42 Å². The van der Waals surface area contributed by atoms with E-state index >= 15 is 0 Å². The van der Waals surface area contributed by atoms with Gasteiger partial charge in [0.05, 0.1) is 0 Å². The van der Waals surface area contributed by atoms with E-state index in [1.807, 2.05) is 18.7 Å². The predicted octanol–water partition coefficient (Wildman–Crippen LogP) is 0.323. The molecule has 0 aromatic rings. The molecule has 1 amide bonds. The van der Waals surface area contributed by atoms with Crippen molar-refractivity contribution in [1.29, 1.82) is 0 Å². The normalized spacial score (nSPS) is 24.4. The highest BCUT2D eigenvalue weighted by molar-refractivity contribution is 5.76. The van der Waals surface area contributed by atoms with Crippen LogP contribution in [0.15, 0.2) is 0 Å². The Hall–Kier alpha value is -0.650. The number of hydrogen-bond donors (Lipinski definition) is 3. The summed E-state index contributed by atoms with van der Waals surface area (Å²) in [6.07, 6.45) is 3.73. The van der Waals surface area contributed by atoms with Gasteiger partial charge in [0.25, 0.3) is 0 Å². The third-order valence-electron chi connectivity index (χ3n) is 4.17. The number of nitrogens with zero attached hydrogens (tertiary/aromatic N) is 1. The summed E-state index contributed by atoms with van der Waals surface area (Å²) < 4.78 is 0. The van der Waals surface area contributed by atoms with E-state index in [0.29, 0.717) is 24.9 Å². The van der Waals surface area contributed by atoms with E-state index in [-0.39, 0.29) is 18.6 Å². The van der Waals surface area contributed by atoms with Gasteiger partial charge in [-0.05, 0) is 32.6 Å². The zero-order valence-electron chi connectivity index (χ0n) is 12.3. The quantitative estimate of drug-likeness (QED) is 0.594. The Labute approximate surface area is 116 Å². The van der Waals surface area contributed by atoms with E-state index < -0.39 is 0 Å². The second-order valence-electron chi connectivity index (χ2n) is 5.35. The molecule has 1 rings (SSSR count). The molecule has 1 aliphatic rings. The number of nitrogens with two attached hydrogens (primary N) is 1. The largest absolute Gasteiger partial charge is 0.396 e. The first-order valence-electron chi connectivity index (χ1n) is 7.50. The van der Waals surface area contributed by atoms with Gasteiger partial charge in [-0.25, -0.2) is 0 Å². The van der Waals surface area contributed by atoms with Crippen molar-refractivity contribution in [3.8, 4) is 0 Å². The fourth-order valence-electron chi connectivity index (χ4n) is 2.90. The Balaban J connectivity index is 2.47. The Kier molecular flexibility index (Phi) is 7.34. The van der Waals surface area contributed by atoms with Crippen molar-refractivity contribution in [1.82, 2.24) is 10.2 Å². The van der Waals surface area contributed by atoms with Crippen molar-refractivity contribution in [2.45, 2.75) is 51.6 Å². The number of amides is 1. The van der Waals surface area contributed by atoms with E-state index in [1.165, 1.54) is 0 Å². The molecule has 3 atom stereocenters. The van der Waals surface area contributed by atoms with Gasteiger partial charge in [-0.15, -0.1) is 0 Å². The first-order chi connectivity index (χ1) is 9.15. The lowest BCUT2D eigenvalue weighted by molar-refractivity contribution is -0.131. The van der Waals surface area contributed by atoms with Crippen molar-refractivity contribution in [3.05, 3.63) is 0 Å². The van der Waals surface area contributed by atoms with Crippen LogP contribution in [0.2, 0.25) is 0 Å². The molecule has 4 N–H and O–H groups in total. The number of carbonyl (C=O) groups is 1. The van der Waals surface area contributed by atoms with Gasteiger partial charge < -0.3 is 21.1 Å². The first-order valence-corrected chi connectivity index (χ1v) is 7.50. The number of aliphatic hydroxyl groups is 1. The van der Waals surface area contributed by atoms with Gasteiger partial charge in [0.15, 0.2) is 0 Å². The molecule has 0 bridgehead atoms. The Morgan fingerprint density at radius 2 is 2.11 bits per heavy atom. The summed E-state index contributed by atoms with van der Waals surface area (Å²) in [6, 6.07) is 0.327. The number of aliphatic hydroxyl groups excluding tert-OH is 1. The van der Waals surface area contributed by atoms with E-state index in [4.69, 9.17) is 5.73 Å². The second kappa shape index (κ2) is 8.51. The number of hydrogen-bond acceptors (Lipinski definition) is 4. The lowest BCUT2D eigenvalue weighted by atomic mass is 10.0. The average molecular weight is 271 g/mol. The van der Waals surface area contributed by atoms with E-state index in [0.717, 1.165) is 32.4 Å². The SMILES string of the molecule is CCN(CC)C(=O)CC(CN)NC1CCCC1CO. The zero-order chi connectivity index (χ0) is 14.3. The van der Waals surface area contributed by atoms with E-state index in [2.05, 4.69) is 5.32 Å². The maximum absolute atomic E-state index is 12.1. The second-order valence-corrected chi connectivity index (χ2v) is 5.35. The molecular formula is C14H29N3O2. The van der Waals surface area contributed by atoms with Crippen molar-refractivity contribution in [2.24, 2.45) is 11.7 Å². The van der Waals surface area contributed by atoms with E-state index in [1.54, 1.807) is 0 Å². The minimum absolute atomic E-state index is 0.0188. The molecule has 0 radical (unpaired) electrons. The Morgan fingerprint density at radius 1 is 1.42 bits per heavy atom. The standard InChI is InChI=1S/C14H29N3O2/c1-3-17(4-2)14(19)8-12(9-15)16-13-7-5-6-11(13)10-18/h11-13,16,18H,3-10,15H2,1-2H3. The Morgan fingerprint density at radius 3 is 2.63 bits per heavy atom. The van der Waals surface area contributed by atoms with Crippen LogP contribution < -0.4 is 11.1 Å². The smallest absolute Gasteiger partial charge is 0.224 e. The van der Waals surface area contributed by atoms with Crippen LogP contribution in [0.3, 0.4) is 0 Å². The van der Waals surface area contributed by atoms with Gasteiger partial charge in [-0.3, -0.25) is 4.79 Å². The third-order valence-corrected chi connectivity index (χ3v) is 4.17. The molecular weight excluding hydrogens is 242 g/mol. The highest BCUT2D eigenvalue weighted by Crippen LogP contribution is 2.25. The van der Waals surface area contributed by atoms with Crippen LogP contribution in [0.25, 0.3) is 0 Å². The minimum atomic E-state index is 0.0188. The first kappa shape index (κ1) is 16.4. The molecule has 112 valence electrons. The number of rotatable bonds is 8. The third kappa shape index (κ3) is 4.75. The Bertz CT molecular complexity index is 269. The van der Waals surface area contributed by atoms with Crippen molar-refractivity contribution >= 4 is 5.91 Å². The molecule has 0 aromatic carbocycles. The highest BCUT2D eigenvalue weighted by Gasteiger charge is 2.29. The van der Waals surface area contributed by atoms with Crippen LogP contribution in [0, 0.1) is 5.92 Å². The molecule has 5 heteroatoms. The zero-order valence-corrected chi connectivity index (χ0v) is 12.3. The van der Waals surface area contributed by atoms with Gasteiger partial charge in [-0.2, -0.15) is 0 Å². The molecule has 5 nitrogen and oxygen atoms in total. The molecule has 0 heterocycles. The number of carbonyl (C=O) groups excluding carboxylic acids is 1. The predicted molar refractivity (Wildman–Crippen MR) is 76.7 cm³/mol. The lowest BCUT2D eigenvalue weighted by Gasteiger charge is -2.27. The topological polar surface area (TPSA) is 78.6 Å².